The summed E-state index contributed by atoms with van der Waals surface area (Å²) in [6.45, 7) is 5.88. The van der Waals surface area contributed by atoms with Gasteiger partial charge in [0.2, 0.25) is 0 Å². The molecular weight excluding hydrogens is 142 g/mol. The topological polar surface area (TPSA) is 26.0 Å². The van der Waals surface area contributed by atoms with Crippen molar-refractivity contribution >= 4 is 12.6 Å². The lowest BCUT2D eigenvalue weighted by Crippen LogP contribution is -2.12. The summed E-state index contributed by atoms with van der Waals surface area (Å²) in [6, 6.07) is 0. The Morgan fingerprint density at radius 1 is 1.70 bits per heavy atom. The van der Waals surface area contributed by atoms with Crippen molar-refractivity contribution < 1.29 is 0 Å². The zero-order chi connectivity index (χ0) is 7.98. The molecule has 1 unspecified atom stereocenters. The number of rotatable bonds is 5. The molecule has 0 aromatic rings. The number of allylic oxidation sites excluding steroid dienone is 1. The summed E-state index contributed by atoms with van der Waals surface area (Å²) in [5.41, 5.74) is 6.33. The summed E-state index contributed by atoms with van der Waals surface area (Å²) >= 11 is 4.19. The van der Waals surface area contributed by atoms with Gasteiger partial charge < -0.3 is 5.73 Å². The Labute approximate surface area is 69.1 Å². The first kappa shape index (κ1) is 9.89. The predicted octanol–water partition coefficient (Wildman–Crippen LogP) is 2.20. The lowest BCUT2D eigenvalue weighted by atomic mass is 10.0. The molecule has 60 valence electrons. The average molecular weight is 159 g/mol. The van der Waals surface area contributed by atoms with Gasteiger partial charge in [-0.05, 0) is 12.2 Å². The van der Waals surface area contributed by atoms with Crippen LogP contribution in [0.15, 0.2) is 12.3 Å². The molecule has 0 aromatic heterocycles. The fourth-order valence-corrected chi connectivity index (χ4v) is 1.26. The van der Waals surface area contributed by atoms with Gasteiger partial charge in [-0.2, -0.15) is 12.6 Å². The highest BCUT2D eigenvalue weighted by atomic mass is 32.1. The van der Waals surface area contributed by atoms with Crippen molar-refractivity contribution in [3.8, 4) is 0 Å². The van der Waals surface area contributed by atoms with Crippen LogP contribution >= 0.6 is 12.6 Å². The summed E-state index contributed by atoms with van der Waals surface area (Å²) in [4.78, 5) is 0. The molecule has 10 heavy (non-hydrogen) atoms. The third-order valence-corrected chi connectivity index (χ3v) is 2.09. The van der Waals surface area contributed by atoms with E-state index in [1.54, 1.807) is 0 Å². The highest BCUT2D eigenvalue weighted by Crippen LogP contribution is 2.14. The molecular formula is C8H17NS. The van der Waals surface area contributed by atoms with E-state index in [0.717, 1.165) is 17.9 Å². The summed E-state index contributed by atoms with van der Waals surface area (Å²) in [6.07, 6.45) is 3.58. The van der Waals surface area contributed by atoms with Crippen LogP contribution in [0, 0.1) is 5.92 Å². The summed E-state index contributed by atoms with van der Waals surface area (Å²) in [5, 5.41) is 0. The van der Waals surface area contributed by atoms with Crippen molar-refractivity contribution in [3.63, 3.8) is 0 Å². The van der Waals surface area contributed by atoms with Crippen LogP contribution in [-0.2, 0) is 0 Å². The van der Waals surface area contributed by atoms with Crippen molar-refractivity contribution in [1.29, 1.82) is 0 Å². The van der Waals surface area contributed by atoms with E-state index >= 15 is 0 Å². The normalized spacial score (nSPS) is 13.0. The molecule has 0 fully saturated rings. The van der Waals surface area contributed by atoms with Gasteiger partial charge in [-0.1, -0.05) is 26.3 Å². The molecule has 0 bridgehead atoms. The minimum absolute atomic E-state index is 0.420. The third-order valence-electron chi connectivity index (χ3n) is 1.65. The maximum absolute atomic E-state index is 5.54. The Kier molecular flexibility index (Phi) is 5.60. The van der Waals surface area contributed by atoms with Crippen molar-refractivity contribution in [3.05, 3.63) is 12.3 Å². The van der Waals surface area contributed by atoms with Gasteiger partial charge >= 0.3 is 0 Å². The number of hydrogen-bond acceptors (Lipinski definition) is 2. The molecule has 0 aliphatic heterocycles. The van der Waals surface area contributed by atoms with Gasteiger partial charge in [-0.3, -0.25) is 0 Å². The Hall–Kier alpha value is -0.110. The molecule has 1 atom stereocenters. The van der Waals surface area contributed by atoms with Gasteiger partial charge in [-0.25, -0.2) is 0 Å². The summed E-state index contributed by atoms with van der Waals surface area (Å²) in [7, 11) is 0. The van der Waals surface area contributed by atoms with Crippen molar-refractivity contribution in [1.82, 2.24) is 0 Å². The minimum atomic E-state index is 0.420. The van der Waals surface area contributed by atoms with E-state index < -0.39 is 0 Å². The van der Waals surface area contributed by atoms with E-state index in [1.807, 2.05) is 0 Å². The second-order valence-corrected chi connectivity index (χ2v) is 2.96. The molecule has 1 nitrogen and oxygen atoms in total. The number of hydrogen-bond donors (Lipinski definition) is 2. The summed E-state index contributed by atoms with van der Waals surface area (Å²) in [5.74, 6) is 1.25. The average Bonchev–Trinajstić information content (AvgIpc) is 1.89. The molecule has 0 amide bonds. The van der Waals surface area contributed by atoms with Crippen LogP contribution in [0.5, 0.6) is 0 Å². The number of thiol groups is 1. The molecule has 0 aliphatic carbocycles. The molecule has 0 saturated carbocycles. The lowest BCUT2D eigenvalue weighted by Gasteiger charge is -2.12. The van der Waals surface area contributed by atoms with Crippen LogP contribution in [0.1, 0.15) is 26.2 Å². The molecule has 0 aromatic carbocycles. The first-order valence-corrected chi connectivity index (χ1v) is 4.40. The quantitative estimate of drug-likeness (QED) is 0.591. The van der Waals surface area contributed by atoms with E-state index in [-0.39, 0.29) is 0 Å². The first-order chi connectivity index (χ1) is 4.72. The zero-order valence-corrected chi connectivity index (χ0v) is 7.53. The maximum atomic E-state index is 5.54. The second-order valence-electron chi connectivity index (χ2n) is 2.60. The second kappa shape index (κ2) is 5.66. The highest BCUT2D eigenvalue weighted by Gasteiger charge is 2.05. The van der Waals surface area contributed by atoms with E-state index in [4.69, 9.17) is 5.73 Å². The fraction of sp³-hybridized carbons (Fsp3) is 0.750. The first-order valence-electron chi connectivity index (χ1n) is 3.77. The van der Waals surface area contributed by atoms with Gasteiger partial charge in [0.25, 0.3) is 0 Å². The number of nitrogens with two attached hydrogens (primary N) is 1. The molecule has 0 aliphatic rings. The molecule has 0 spiro atoms. The lowest BCUT2D eigenvalue weighted by molar-refractivity contribution is 0.577. The van der Waals surface area contributed by atoms with Crippen LogP contribution in [0.2, 0.25) is 0 Å². The van der Waals surface area contributed by atoms with E-state index in [9.17, 15) is 0 Å². The van der Waals surface area contributed by atoms with Crippen molar-refractivity contribution in [2.45, 2.75) is 26.2 Å². The van der Waals surface area contributed by atoms with Crippen LogP contribution in [0.4, 0.5) is 0 Å². The number of unbranched alkanes of at least 4 members (excludes halogenated alkanes) is 1. The Morgan fingerprint density at radius 3 is 2.60 bits per heavy atom. The van der Waals surface area contributed by atoms with Gasteiger partial charge in [0.1, 0.15) is 0 Å². The van der Waals surface area contributed by atoms with Crippen LogP contribution < -0.4 is 5.73 Å². The van der Waals surface area contributed by atoms with Crippen molar-refractivity contribution in [2.24, 2.45) is 11.7 Å². The Balaban J connectivity index is 3.50. The largest absolute Gasteiger partial charge is 0.402 e. The smallest absolute Gasteiger partial charge is 0.00665 e. The molecule has 0 saturated heterocycles. The van der Waals surface area contributed by atoms with Crippen LogP contribution in [0.25, 0.3) is 0 Å². The molecule has 0 rings (SSSR count). The molecule has 0 radical (unpaired) electrons. The van der Waals surface area contributed by atoms with Gasteiger partial charge in [0, 0.05) is 11.6 Å². The SMILES string of the molecule is C=C(N)C(CS)CCCC. The minimum Gasteiger partial charge on any atom is -0.402 e. The van der Waals surface area contributed by atoms with Crippen LogP contribution in [0.3, 0.4) is 0 Å². The highest BCUT2D eigenvalue weighted by molar-refractivity contribution is 7.80. The Bertz CT molecular complexity index is 101. The standard InChI is InChI=1S/C8H17NS/c1-3-4-5-8(6-10)7(2)9/h8,10H,2-6,9H2,1H3. The van der Waals surface area contributed by atoms with Crippen LogP contribution in [-0.4, -0.2) is 5.75 Å². The third kappa shape index (κ3) is 3.83. The van der Waals surface area contributed by atoms with E-state index in [0.29, 0.717) is 5.92 Å². The van der Waals surface area contributed by atoms with Gasteiger partial charge in [-0.15, -0.1) is 0 Å². The molecule has 2 heteroatoms. The maximum Gasteiger partial charge on any atom is 0.00665 e. The van der Waals surface area contributed by atoms with Gasteiger partial charge in [0.15, 0.2) is 0 Å². The van der Waals surface area contributed by atoms with E-state index in [1.165, 1.54) is 12.8 Å². The monoisotopic (exact) mass is 159 g/mol. The fourth-order valence-electron chi connectivity index (χ4n) is 0.844. The van der Waals surface area contributed by atoms with Gasteiger partial charge in [0.05, 0.1) is 0 Å². The summed E-state index contributed by atoms with van der Waals surface area (Å²) < 4.78 is 0. The zero-order valence-electron chi connectivity index (χ0n) is 6.64. The Morgan fingerprint density at radius 2 is 2.30 bits per heavy atom. The predicted molar refractivity (Wildman–Crippen MR) is 50.2 cm³/mol. The van der Waals surface area contributed by atoms with Crippen molar-refractivity contribution in [2.75, 3.05) is 5.75 Å². The van der Waals surface area contributed by atoms with E-state index in [2.05, 4.69) is 26.1 Å². The molecule has 0 heterocycles. The molecule has 2 N–H and O–H groups in total.